The number of halogens is 1. The number of ether oxygens (including phenoxy) is 2. The lowest BCUT2D eigenvalue weighted by molar-refractivity contribution is -0.134. The fraction of sp³-hybridized carbons (Fsp3) is 0.348. The zero-order valence-corrected chi connectivity index (χ0v) is 18.2. The van der Waals surface area contributed by atoms with Crippen LogP contribution in [-0.4, -0.2) is 49.0 Å². The summed E-state index contributed by atoms with van der Waals surface area (Å²) in [6.45, 7) is 1.47. The summed E-state index contributed by atoms with van der Waals surface area (Å²) in [5.74, 6) is 0.787. The molecule has 168 valence electrons. The molecule has 2 aliphatic rings. The summed E-state index contributed by atoms with van der Waals surface area (Å²) in [7, 11) is 0. The molecular formula is C23H24ClN3O5. The van der Waals surface area contributed by atoms with Gasteiger partial charge in [-0.05, 0) is 49.2 Å². The molecule has 2 aromatic carbocycles. The summed E-state index contributed by atoms with van der Waals surface area (Å²) < 4.78 is 10.6. The van der Waals surface area contributed by atoms with E-state index in [9.17, 15) is 14.4 Å². The lowest BCUT2D eigenvalue weighted by Gasteiger charge is -2.31. The van der Waals surface area contributed by atoms with Crippen LogP contribution in [0.15, 0.2) is 42.5 Å². The first-order valence-electron chi connectivity index (χ1n) is 10.5. The Morgan fingerprint density at radius 1 is 1.00 bits per heavy atom. The number of carbonyl (C=O) groups is 3. The molecule has 2 heterocycles. The molecule has 8 nitrogen and oxygen atoms in total. The number of piperidine rings is 1. The van der Waals surface area contributed by atoms with E-state index in [1.165, 1.54) is 0 Å². The van der Waals surface area contributed by atoms with Crippen LogP contribution in [0.5, 0.6) is 11.5 Å². The molecular weight excluding hydrogens is 434 g/mol. The first kappa shape index (κ1) is 22.0. The molecule has 0 bridgehead atoms. The molecule has 0 radical (unpaired) electrons. The second kappa shape index (κ2) is 9.91. The molecule has 0 aliphatic carbocycles. The second-order valence-electron chi connectivity index (χ2n) is 7.73. The van der Waals surface area contributed by atoms with E-state index >= 15 is 0 Å². The summed E-state index contributed by atoms with van der Waals surface area (Å²) in [4.78, 5) is 38.9. The van der Waals surface area contributed by atoms with Crippen LogP contribution in [0.4, 0.5) is 5.69 Å². The molecule has 0 saturated carbocycles. The Morgan fingerprint density at radius 2 is 1.72 bits per heavy atom. The van der Waals surface area contributed by atoms with E-state index in [4.69, 9.17) is 21.1 Å². The van der Waals surface area contributed by atoms with E-state index in [1.54, 1.807) is 47.4 Å². The average Bonchev–Trinajstić information content (AvgIpc) is 3.27. The zero-order valence-electron chi connectivity index (χ0n) is 17.4. The number of nitrogens with one attached hydrogen (secondary N) is 2. The topological polar surface area (TPSA) is 97.0 Å². The van der Waals surface area contributed by atoms with Crippen molar-refractivity contribution in [1.82, 2.24) is 10.2 Å². The maximum absolute atomic E-state index is 12.6. The molecule has 0 spiro atoms. The Labute approximate surface area is 190 Å². The van der Waals surface area contributed by atoms with E-state index in [-0.39, 0.29) is 43.4 Å². The summed E-state index contributed by atoms with van der Waals surface area (Å²) >= 11 is 5.82. The molecule has 0 aromatic heterocycles. The lowest BCUT2D eigenvalue weighted by atomic mass is 9.95. The van der Waals surface area contributed by atoms with Gasteiger partial charge in [-0.25, -0.2) is 0 Å². The largest absolute Gasteiger partial charge is 0.454 e. The van der Waals surface area contributed by atoms with Crippen LogP contribution in [0, 0.1) is 5.92 Å². The van der Waals surface area contributed by atoms with Crippen molar-refractivity contribution in [2.24, 2.45) is 5.92 Å². The fourth-order valence-corrected chi connectivity index (χ4v) is 3.88. The fourth-order valence-electron chi connectivity index (χ4n) is 3.75. The third-order valence-electron chi connectivity index (χ3n) is 5.59. The molecule has 0 atom stereocenters. The number of amides is 3. The van der Waals surface area contributed by atoms with Crippen molar-refractivity contribution in [2.45, 2.75) is 19.3 Å². The number of benzene rings is 2. The van der Waals surface area contributed by atoms with Crippen molar-refractivity contribution in [3.8, 4) is 11.5 Å². The smallest absolute Gasteiger partial charge is 0.251 e. The number of likely N-dealkylation sites (tertiary alicyclic amines) is 1. The molecule has 1 fully saturated rings. The van der Waals surface area contributed by atoms with Gasteiger partial charge in [0.1, 0.15) is 0 Å². The van der Waals surface area contributed by atoms with Crippen LogP contribution in [0.2, 0.25) is 5.02 Å². The predicted molar refractivity (Wildman–Crippen MR) is 119 cm³/mol. The van der Waals surface area contributed by atoms with Gasteiger partial charge in [-0.3, -0.25) is 14.4 Å². The molecule has 2 aromatic rings. The number of anilines is 1. The van der Waals surface area contributed by atoms with Gasteiger partial charge in [0.15, 0.2) is 11.5 Å². The van der Waals surface area contributed by atoms with Gasteiger partial charge in [0, 0.05) is 54.3 Å². The first-order valence-corrected chi connectivity index (χ1v) is 10.9. The summed E-state index contributed by atoms with van der Waals surface area (Å²) in [5.41, 5.74) is 1.16. The Hall–Kier alpha value is -3.26. The highest BCUT2D eigenvalue weighted by molar-refractivity contribution is 6.30. The Morgan fingerprint density at radius 3 is 2.47 bits per heavy atom. The minimum atomic E-state index is -0.242. The maximum Gasteiger partial charge on any atom is 0.251 e. The van der Waals surface area contributed by atoms with Crippen LogP contribution in [-0.2, 0) is 9.59 Å². The van der Waals surface area contributed by atoms with Gasteiger partial charge in [-0.1, -0.05) is 11.6 Å². The molecule has 9 heteroatoms. The van der Waals surface area contributed by atoms with Crippen molar-refractivity contribution in [3.05, 3.63) is 53.1 Å². The van der Waals surface area contributed by atoms with Crippen molar-refractivity contribution >= 4 is 35.0 Å². The van der Waals surface area contributed by atoms with Crippen molar-refractivity contribution in [3.63, 3.8) is 0 Å². The molecule has 1 saturated heterocycles. The number of nitrogens with zero attached hydrogens (tertiary/aromatic N) is 1. The molecule has 32 heavy (non-hydrogen) atoms. The predicted octanol–water partition coefficient (Wildman–Crippen LogP) is 3.07. The molecule has 4 rings (SSSR count). The van der Waals surface area contributed by atoms with Crippen LogP contribution in [0.1, 0.15) is 29.6 Å². The highest BCUT2D eigenvalue weighted by Crippen LogP contribution is 2.34. The van der Waals surface area contributed by atoms with Gasteiger partial charge in [0.2, 0.25) is 18.6 Å². The van der Waals surface area contributed by atoms with Gasteiger partial charge in [0.05, 0.1) is 0 Å². The number of hydrogen-bond donors (Lipinski definition) is 2. The number of carbonyl (C=O) groups excluding carboxylic acids is 3. The standard InChI is InChI=1S/C23H24ClN3O5/c24-17-3-1-15(2-4-17)22(29)25-10-7-21(28)27-11-8-16(9-12-27)23(30)26-18-5-6-19-20(13-18)32-14-31-19/h1-6,13,16H,7-12,14H2,(H,25,29)(H,26,30). The Bertz CT molecular complexity index is 1000. The van der Waals surface area contributed by atoms with Gasteiger partial charge in [-0.2, -0.15) is 0 Å². The lowest BCUT2D eigenvalue weighted by Crippen LogP contribution is -2.42. The minimum Gasteiger partial charge on any atom is -0.454 e. The van der Waals surface area contributed by atoms with Crippen LogP contribution in [0.25, 0.3) is 0 Å². The Kier molecular flexibility index (Phi) is 6.80. The van der Waals surface area contributed by atoms with Gasteiger partial charge in [-0.15, -0.1) is 0 Å². The highest BCUT2D eigenvalue weighted by atomic mass is 35.5. The Balaban J connectivity index is 1.18. The van der Waals surface area contributed by atoms with Gasteiger partial charge < -0.3 is 25.0 Å². The van der Waals surface area contributed by atoms with Crippen molar-refractivity contribution < 1.29 is 23.9 Å². The quantitative estimate of drug-likeness (QED) is 0.694. The second-order valence-corrected chi connectivity index (χ2v) is 8.16. The van der Waals surface area contributed by atoms with Crippen molar-refractivity contribution in [2.75, 3.05) is 31.7 Å². The van der Waals surface area contributed by atoms with E-state index in [0.717, 1.165) is 0 Å². The summed E-state index contributed by atoms with van der Waals surface area (Å²) in [5, 5.41) is 6.23. The summed E-state index contributed by atoms with van der Waals surface area (Å²) in [6, 6.07) is 11.9. The van der Waals surface area contributed by atoms with Crippen LogP contribution < -0.4 is 20.1 Å². The number of hydrogen-bond acceptors (Lipinski definition) is 5. The van der Waals surface area contributed by atoms with E-state index in [0.29, 0.717) is 53.7 Å². The SMILES string of the molecule is O=C(NCCC(=O)N1CCC(C(=O)Nc2ccc3c(c2)OCO3)CC1)c1ccc(Cl)cc1. The van der Waals surface area contributed by atoms with E-state index < -0.39 is 0 Å². The zero-order chi connectivity index (χ0) is 22.5. The van der Waals surface area contributed by atoms with E-state index in [1.807, 2.05) is 0 Å². The molecule has 2 aliphatic heterocycles. The first-order chi connectivity index (χ1) is 15.5. The maximum atomic E-state index is 12.6. The third kappa shape index (κ3) is 5.31. The van der Waals surface area contributed by atoms with Crippen molar-refractivity contribution in [1.29, 1.82) is 0 Å². The van der Waals surface area contributed by atoms with E-state index in [2.05, 4.69) is 10.6 Å². The average molecular weight is 458 g/mol. The highest BCUT2D eigenvalue weighted by Gasteiger charge is 2.27. The molecule has 0 unspecified atom stereocenters. The normalized spacial score (nSPS) is 15.3. The van der Waals surface area contributed by atoms with Gasteiger partial charge in [0.25, 0.3) is 5.91 Å². The number of fused-ring (bicyclic) bond motifs is 1. The molecule has 2 N–H and O–H groups in total. The van der Waals surface area contributed by atoms with Gasteiger partial charge >= 0.3 is 0 Å². The summed E-state index contributed by atoms with van der Waals surface area (Å²) in [6.07, 6.45) is 1.41. The van der Waals surface area contributed by atoms with Crippen LogP contribution >= 0.6 is 11.6 Å². The number of rotatable bonds is 6. The molecule has 3 amide bonds. The third-order valence-corrected chi connectivity index (χ3v) is 5.84. The van der Waals surface area contributed by atoms with Crippen LogP contribution in [0.3, 0.4) is 0 Å². The monoisotopic (exact) mass is 457 g/mol. The minimum absolute atomic E-state index is 0.0314.